The van der Waals surface area contributed by atoms with Crippen molar-refractivity contribution in [3.63, 3.8) is 0 Å². The highest BCUT2D eigenvalue weighted by Gasteiger charge is 1.91. The van der Waals surface area contributed by atoms with Crippen LogP contribution in [0.3, 0.4) is 0 Å². The molecule has 19 heavy (non-hydrogen) atoms. The van der Waals surface area contributed by atoms with Crippen molar-refractivity contribution in [3.8, 4) is 0 Å². The fraction of sp³-hybridized carbons (Fsp3) is 0.562. The molecule has 0 aliphatic heterocycles. The summed E-state index contributed by atoms with van der Waals surface area (Å²) in [5, 5.41) is 3.24. The lowest BCUT2D eigenvalue weighted by Gasteiger charge is -2.03. The van der Waals surface area contributed by atoms with Crippen LogP contribution in [0, 0.1) is 5.92 Å². The molecular weight excluding hydrogens is 238 g/mol. The fourth-order valence-electron chi connectivity index (χ4n) is 1.09. The minimum Gasteiger partial charge on any atom is -0.385 e. The third-order valence-corrected chi connectivity index (χ3v) is 1.92. The molecule has 3 nitrogen and oxygen atoms in total. The van der Waals surface area contributed by atoms with E-state index in [2.05, 4.69) is 36.5 Å². The smallest absolute Gasteiger partial charge is 0.122 e. The maximum atomic E-state index is 9.50. The molecule has 1 rings (SSSR count). The zero-order valence-corrected chi connectivity index (χ0v) is 13.2. The molecule has 1 N–H and O–H groups in total. The summed E-state index contributed by atoms with van der Waals surface area (Å²) in [6.07, 6.45) is 0.917. The maximum Gasteiger partial charge on any atom is 0.122 e. The SMILES string of the molecule is CC.CC(C)C=O.CCNc1ccc(COC)cc1. The third kappa shape index (κ3) is 12.9. The lowest BCUT2D eigenvalue weighted by molar-refractivity contribution is -0.110. The summed E-state index contributed by atoms with van der Waals surface area (Å²) in [5.74, 6) is 0.204. The number of benzene rings is 1. The number of carbonyl (C=O) groups is 1. The molecule has 110 valence electrons. The summed E-state index contributed by atoms with van der Waals surface area (Å²) in [6.45, 7) is 11.4. The van der Waals surface area contributed by atoms with Crippen molar-refractivity contribution in [1.82, 2.24) is 0 Å². The second-order valence-electron chi connectivity index (χ2n) is 4.04. The molecule has 0 spiro atoms. The zero-order chi connectivity index (χ0) is 15.1. The Hall–Kier alpha value is -1.35. The topological polar surface area (TPSA) is 38.3 Å². The Balaban J connectivity index is 0. The van der Waals surface area contributed by atoms with Gasteiger partial charge in [-0.2, -0.15) is 0 Å². The van der Waals surface area contributed by atoms with Crippen molar-refractivity contribution in [3.05, 3.63) is 29.8 Å². The summed E-state index contributed by atoms with van der Waals surface area (Å²) in [4.78, 5) is 9.50. The van der Waals surface area contributed by atoms with Crippen molar-refractivity contribution >= 4 is 12.0 Å². The Morgan fingerprint density at radius 2 is 1.68 bits per heavy atom. The second kappa shape index (κ2) is 14.7. The molecule has 1 aromatic carbocycles. The van der Waals surface area contributed by atoms with Crippen LogP contribution in [-0.2, 0) is 16.1 Å². The van der Waals surface area contributed by atoms with Crippen LogP contribution in [0.5, 0.6) is 0 Å². The third-order valence-electron chi connectivity index (χ3n) is 1.92. The molecule has 0 bridgehead atoms. The standard InChI is InChI=1S/C10H15NO.C4H8O.C2H6/c1-3-11-10-6-4-9(5-7-10)8-12-2;1-4(2)3-5;1-2/h4-7,11H,3,8H2,1-2H3;3-4H,1-2H3;1-2H3. The normalized spacial score (nSPS) is 8.79. The van der Waals surface area contributed by atoms with E-state index in [1.165, 1.54) is 5.56 Å². The Morgan fingerprint density at radius 1 is 1.21 bits per heavy atom. The zero-order valence-electron chi connectivity index (χ0n) is 13.2. The van der Waals surface area contributed by atoms with E-state index < -0.39 is 0 Å². The summed E-state index contributed by atoms with van der Waals surface area (Å²) >= 11 is 0. The second-order valence-corrected chi connectivity index (χ2v) is 4.04. The number of methoxy groups -OCH3 is 1. The first-order valence-electron chi connectivity index (χ1n) is 6.91. The summed E-state index contributed by atoms with van der Waals surface area (Å²) in [5.41, 5.74) is 2.37. The van der Waals surface area contributed by atoms with Gasteiger partial charge in [-0.25, -0.2) is 0 Å². The molecule has 0 amide bonds. The van der Waals surface area contributed by atoms with Crippen LogP contribution in [0.15, 0.2) is 24.3 Å². The van der Waals surface area contributed by atoms with E-state index in [-0.39, 0.29) is 5.92 Å². The Kier molecular flexibility index (Phi) is 15.5. The van der Waals surface area contributed by atoms with Crippen LogP contribution < -0.4 is 5.32 Å². The molecule has 0 atom stereocenters. The van der Waals surface area contributed by atoms with Gasteiger partial charge in [-0.1, -0.05) is 39.8 Å². The number of hydrogen-bond acceptors (Lipinski definition) is 3. The van der Waals surface area contributed by atoms with Gasteiger partial charge in [0.25, 0.3) is 0 Å². The average molecular weight is 267 g/mol. The molecule has 0 unspecified atom stereocenters. The first-order chi connectivity index (χ1) is 9.13. The van der Waals surface area contributed by atoms with Crippen LogP contribution in [0.25, 0.3) is 0 Å². The Labute approximate surface area is 118 Å². The highest BCUT2D eigenvalue weighted by atomic mass is 16.5. The number of anilines is 1. The summed E-state index contributed by atoms with van der Waals surface area (Å²) in [6, 6.07) is 8.28. The molecular formula is C16H29NO2. The van der Waals surface area contributed by atoms with Gasteiger partial charge in [0.05, 0.1) is 6.61 Å². The quantitative estimate of drug-likeness (QED) is 0.815. The van der Waals surface area contributed by atoms with E-state index in [0.29, 0.717) is 6.61 Å². The molecule has 0 aliphatic rings. The van der Waals surface area contributed by atoms with Crippen molar-refractivity contribution in [2.24, 2.45) is 5.92 Å². The van der Waals surface area contributed by atoms with E-state index in [0.717, 1.165) is 18.5 Å². The fourth-order valence-corrected chi connectivity index (χ4v) is 1.09. The van der Waals surface area contributed by atoms with Crippen LogP contribution >= 0.6 is 0 Å². The number of nitrogens with one attached hydrogen (secondary N) is 1. The molecule has 3 heteroatoms. The molecule has 0 saturated heterocycles. The summed E-state index contributed by atoms with van der Waals surface area (Å²) < 4.78 is 5.01. The number of ether oxygens (including phenoxy) is 1. The molecule has 0 aliphatic carbocycles. The summed E-state index contributed by atoms with van der Waals surface area (Å²) in [7, 11) is 1.71. The van der Waals surface area contributed by atoms with E-state index >= 15 is 0 Å². The minimum absolute atomic E-state index is 0.204. The first-order valence-corrected chi connectivity index (χ1v) is 6.91. The van der Waals surface area contributed by atoms with E-state index in [1.807, 2.05) is 27.7 Å². The monoisotopic (exact) mass is 267 g/mol. The predicted molar refractivity (Wildman–Crippen MR) is 83.6 cm³/mol. The van der Waals surface area contributed by atoms with E-state index in [9.17, 15) is 4.79 Å². The predicted octanol–water partition coefficient (Wildman–Crippen LogP) is 4.13. The molecule has 0 aromatic heterocycles. The maximum absolute atomic E-state index is 9.50. The van der Waals surface area contributed by atoms with Gasteiger partial charge >= 0.3 is 0 Å². The van der Waals surface area contributed by atoms with Gasteiger partial charge in [-0.15, -0.1) is 0 Å². The van der Waals surface area contributed by atoms with Crippen molar-refractivity contribution in [2.75, 3.05) is 19.0 Å². The van der Waals surface area contributed by atoms with Gasteiger partial charge in [0.2, 0.25) is 0 Å². The Bertz CT molecular complexity index is 269. The lowest BCUT2D eigenvalue weighted by atomic mass is 10.2. The minimum atomic E-state index is 0.204. The van der Waals surface area contributed by atoms with Gasteiger partial charge < -0.3 is 14.8 Å². The Morgan fingerprint density at radius 3 is 2.00 bits per heavy atom. The highest BCUT2D eigenvalue weighted by molar-refractivity contribution is 5.51. The molecule has 0 saturated carbocycles. The molecule has 0 radical (unpaired) electrons. The van der Waals surface area contributed by atoms with Gasteiger partial charge in [-0.3, -0.25) is 0 Å². The van der Waals surface area contributed by atoms with E-state index in [1.54, 1.807) is 7.11 Å². The van der Waals surface area contributed by atoms with Crippen LogP contribution in [0.2, 0.25) is 0 Å². The number of aldehydes is 1. The van der Waals surface area contributed by atoms with Crippen molar-refractivity contribution < 1.29 is 9.53 Å². The van der Waals surface area contributed by atoms with E-state index in [4.69, 9.17) is 4.74 Å². The number of carbonyl (C=O) groups excluding carboxylic acids is 1. The highest BCUT2D eigenvalue weighted by Crippen LogP contribution is 2.09. The van der Waals surface area contributed by atoms with Crippen LogP contribution in [0.4, 0.5) is 5.69 Å². The van der Waals surface area contributed by atoms with Crippen molar-refractivity contribution in [1.29, 1.82) is 0 Å². The number of rotatable bonds is 5. The number of hydrogen-bond donors (Lipinski definition) is 1. The molecule has 1 aromatic rings. The van der Waals surface area contributed by atoms with Gasteiger partial charge in [0.1, 0.15) is 6.29 Å². The van der Waals surface area contributed by atoms with Gasteiger partial charge in [-0.05, 0) is 24.6 Å². The van der Waals surface area contributed by atoms with Gasteiger partial charge in [0.15, 0.2) is 0 Å². The molecule has 0 fully saturated rings. The van der Waals surface area contributed by atoms with Crippen LogP contribution in [-0.4, -0.2) is 19.9 Å². The lowest BCUT2D eigenvalue weighted by Crippen LogP contribution is -1.96. The van der Waals surface area contributed by atoms with Crippen molar-refractivity contribution in [2.45, 2.75) is 41.2 Å². The van der Waals surface area contributed by atoms with Gasteiger partial charge in [0, 0.05) is 25.3 Å². The van der Waals surface area contributed by atoms with Crippen LogP contribution in [0.1, 0.15) is 40.2 Å². The first kappa shape index (κ1) is 20.0. The molecule has 0 heterocycles. The largest absolute Gasteiger partial charge is 0.385 e. The average Bonchev–Trinajstić information content (AvgIpc) is 2.44.